The topological polar surface area (TPSA) is 132 Å². The Balaban J connectivity index is 1.33. The summed E-state index contributed by atoms with van der Waals surface area (Å²) < 4.78 is 5.11. The highest BCUT2D eigenvalue weighted by Crippen LogP contribution is 2.30. The number of nitrogens with zero attached hydrogens (tertiary/aromatic N) is 6. The number of aldehydes is 1. The van der Waals surface area contributed by atoms with Crippen molar-refractivity contribution in [3.05, 3.63) is 46.3 Å². The summed E-state index contributed by atoms with van der Waals surface area (Å²) in [6, 6.07) is 5.76. The van der Waals surface area contributed by atoms with E-state index in [4.69, 9.17) is 4.74 Å². The van der Waals surface area contributed by atoms with Crippen molar-refractivity contribution in [2.45, 2.75) is 51.1 Å². The van der Waals surface area contributed by atoms with Gasteiger partial charge in [0.25, 0.3) is 0 Å². The Morgan fingerprint density at radius 2 is 2.15 bits per heavy atom. The first kappa shape index (κ1) is 26.7. The fraction of sp³-hybridized carbons (Fsp3) is 0.500. The van der Waals surface area contributed by atoms with Gasteiger partial charge in [-0.05, 0) is 68.3 Å². The molecule has 2 aromatic heterocycles. The number of aromatic nitrogens is 2. The van der Waals surface area contributed by atoms with Gasteiger partial charge in [0.05, 0.1) is 12.1 Å². The smallest absolute Gasteiger partial charge is 0.328 e. The van der Waals surface area contributed by atoms with Gasteiger partial charge >= 0.3 is 6.03 Å². The largest absolute Gasteiger partial charge is 0.385 e. The number of anilines is 2. The number of hydrogen-bond acceptors (Lipinski definition) is 8. The van der Waals surface area contributed by atoms with Crippen molar-refractivity contribution in [1.29, 1.82) is 5.26 Å². The maximum atomic E-state index is 13.3. The number of urea groups is 1. The van der Waals surface area contributed by atoms with Gasteiger partial charge in [-0.1, -0.05) is 0 Å². The highest BCUT2D eigenvalue weighted by molar-refractivity contribution is 6.01. The van der Waals surface area contributed by atoms with E-state index >= 15 is 0 Å². The standard InChI is InChI=1S/C28H33N7O4/c1-39-10-4-6-19-12-25(30-14-22(19)13-29)32-28(38)35-9-2-5-20-11-21(24(18-36)31-27(20)35)15-34-16-23-7-3-8-33(23)17-26(34)37/h11-12,14,18,23H,2-10,15-17H2,1H3,(H,30,32,38). The maximum Gasteiger partial charge on any atom is 0.328 e. The van der Waals surface area contributed by atoms with Crippen LogP contribution in [0.4, 0.5) is 16.4 Å². The number of carbonyl (C=O) groups excluding carboxylic acids is 3. The Labute approximate surface area is 227 Å². The van der Waals surface area contributed by atoms with Crippen molar-refractivity contribution in [1.82, 2.24) is 19.8 Å². The van der Waals surface area contributed by atoms with Crippen molar-refractivity contribution in [2.75, 3.05) is 50.1 Å². The van der Waals surface area contributed by atoms with Crippen molar-refractivity contribution >= 4 is 29.9 Å². The number of fused-ring (bicyclic) bond motifs is 2. The lowest BCUT2D eigenvalue weighted by Gasteiger charge is -2.37. The van der Waals surface area contributed by atoms with Crippen LogP contribution < -0.4 is 10.2 Å². The van der Waals surface area contributed by atoms with Crippen LogP contribution in [0.3, 0.4) is 0 Å². The average Bonchev–Trinajstić information content (AvgIpc) is 3.39. The zero-order valence-corrected chi connectivity index (χ0v) is 22.2. The van der Waals surface area contributed by atoms with Crippen LogP contribution >= 0.6 is 0 Å². The number of nitrogens with one attached hydrogen (secondary N) is 1. The fourth-order valence-electron chi connectivity index (χ4n) is 5.74. The first-order valence-electron chi connectivity index (χ1n) is 13.5. The van der Waals surface area contributed by atoms with Crippen LogP contribution in [-0.2, 0) is 28.9 Å². The number of carbonyl (C=O) groups is 3. The minimum atomic E-state index is -0.402. The fourth-order valence-corrected chi connectivity index (χ4v) is 5.74. The van der Waals surface area contributed by atoms with E-state index in [1.165, 1.54) is 11.1 Å². The molecular weight excluding hydrogens is 498 g/mol. The van der Waals surface area contributed by atoms with Crippen LogP contribution in [-0.4, -0.2) is 83.9 Å². The van der Waals surface area contributed by atoms with Gasteiger partial charge in [0.1, 0.15) is 23.4 Å². The van der Waals surface area contributed by atoms with Gasteiger partial charge in [0.2, 0.25) is 5.91 Å². The quantitative estimate of drug-likeness (QED) is 0.406. The number of piperazine rings is 1. The number of pyridine rings is 2. The van der Waals surface area contributed by atoms with Gasteiger partial charge in [0.15, 0.2) is 6.29 Å². The van der Waals surface area contributed by atoms with Crippen molar-refractivity contribution in [2.24, 2.45) is 0 Å². The molecule has 0 aliphatic carbocycles. The molecule has 1 atom stereocenters. The number of nitriles is 1. The molecule has 39 heavy (non-hydrogen) atoms. The predicted molar refractivity (Wildman–Crippen MR) is 143 cm³/mol. The van der Waals surface area contributed by atoms with Gasteiger partial charge in [-0.15, -0.1) is 0 Å². The third-order valence-electron chi connectivity index (χ3n) is 7.75. The summed E-state index contributed by atoms with van der Waals surface area (Å²) >= 11 is 0. The first-order valence-corrected chi connectivity index (χ1v) is 13.5. The highest BCUT2D eigenvalue weighted by atomic mass is 16.5. The molecule has 0 radical (unpaired) electrons. The molecule has 1 unspecified atom stereocenters. The molecule has 11 heteroatoms. The molecule has 5 heterocycles. The number of methoxy groups -OCH3 is 1. The van der Waals surface area contributed by atoms with Crippen molar-refractivity contribution < 1.29 is 19.1 Å². The number of rotatable bonds is 8. The zero-order valence-electron chi connectivity index (χ0n) is 22.2. The van der Waals surface area contributed by atoms with E-state index in [9.17, 15) is 19.6 Å². The van der Waals surface area contributed by atoms with E-state index in [0.717, 1.165) is 49.8 Å². The van der Waals surface area contributed by atoms with Gasteiger partial charge in [-0.25, -0.2) is 14.8 Å². The Kier molecular flexibility index (Phi) is 8.14. The summed E-state index contributed by atoms with van der Waals surface area (Å²) in [6.45, 7) is 3.40. The molecule has 3 aliphatic rings. The summed E-state index contributed by atoms with van der Waals surface area (Å²) in [5.74, 6) is 0.862. The monoisotopic (exact) mass is 531 g/mol. The van der Waals surface area contributed by atoms with Gasteiger partial charge in [-0.3, -0.25) is 24.7 Å². The third kappa shape index (κ3) is 5.77. The molecule has 3 amide bonds. The van der Waals surface area contributed by atoms with E-state index in [2.05, 4.69) is 26.3 Å². The minimum absolute atomic E-state index is 0.0697. The molecule has 0 saturated carbocycles. The lowest BCUT2D eigenvalue weighted by atomic mass is 10.0. The van der Waals surface area contributed by atoms with E-state index in [1.54, 1.807) is 13.2 Å². The Hall–Kier alpha value is -3.88. The van der Waals surface area contributed by atoms with E-state index in [1.807, 2.05) is 11.0 Å². The number of hydrogen-bond donors (Lipinski definition) is 1. The SMILES string of the molecule is COCCCc1cc(NC(=O)N2CCCc3cc(CN4CC5CCCN5CC4=O)c(C=O)nc32)ncc1C#N. The molecule has 0 spiro atoms. The summed E-state index contributed by atoms with van der Waals surface area (Å²) in [5.41, 5.74) is 3.08. The molecule has 2 aromatic rings. The normalized spacial score (nSPS) is 18.9. The molecular formula is C28H33N7O4. The zero-order chi connectivity index (χ0) is 27.4. The molecule has 2 fully saturated rings. The lowest BCUT2D eigenvalue weighted by molar-refractivity contribution is -0.138. The second kappa shape index (κ2) is 11.9. The molecule has 11 nitrogen and oxygen atoms in total. The van der Waals surface area contributed by atoms with E-state index in [0.29, 0.717) is 74.3 Å². The predicted octanol–water partition coefficient (Wildman–Crippen LogP) is 2.53. The van der Waals surface area contributed by atoms with Crippen LogP contribution in [0, 0.1) is 11.3 Å². The summed E-state index contributed by atoms with van der Waals surface area (Å²) in [4.78, 5) is 52.6. The summed E-state index contributed by atoms with van der Waals surface area (Å²) in [5, 5.41) is 12.2. The Morgan fingerprint density at radius 3 is 2.95 bits per heavy atom. The van der Waals surface area contributed by atoms with Crippen LogP contribution in [0.25, 0.3) is 0 Å². The average molecular weight is 532 g/mol. The van der Waals surface area contributed by atoms with E-state index in [-0.39, 0.29) is 11.6 Å². The van der Waals surface area contributed by atoms with Gasteiger partial charge in [0, 0.05) is 51.2 Å². The van der Waals surface area contributed by atoms with Gasteiger partial charge in [-0.2, -0.15) is 5.26 Å². The summed E-state index contributed by atoms with van der Waals surface area (Å²) in [7, 11) is 1.63. The molecule has 0 aromatic carbocycles. The minimum Gasteiger partial charge on any atom is -0.385 e. The second-order valence-electron chi connectivity index (χ2n) is 10.3. The van der Waals surface area contributed by atoms with Crippen LogP contribution in [0.5, 0.6) is 0 Å². The lowest BCUT2D eigenvalue weighted by Crippen LogP contribution is -2.53. The molecule has 1 N–H and O–H groups in total. The van der Waals surface area contributed by atoms with Crippen molar-refractivity contribution in [3.8, 4) is 6.07 Å². The third-order valence-corrected chi connectivity index (χ3v) is 7.75. The maximum absolute atomic E-state index is 13.3. The summed E-state index contributed by atoms with van der Waals surface area (Å²) in [6.07, 6.45) is 7.18. The molecule has 0 bridgehead atoms. The molecule has 204 valence electrons. The van der Waals surface area contributed by atoms with Crippen LogP contribution in [0.15, 0.2) is 18.3 Å². The second-order valence-corrected chi connectivity index (χ2v) is 10.3. The molecule has 5 rings (SSSR count). The molecule has 3 aliphatic heterocycles. The molecule has 2 saturated heterocycles. The van der Waals surface area contributed by atoms with Gasteiger partial charge < -0.3 is 9.64 Å². The first-order chi connectivity index (χ1) is 19.0. The number of ether oxygens (including phenoxy) is 1. The highest BCUT2D eigenvalue weighted by Gasteiger charge is 2.35. The number of amides is 3. The Bertz CT molecular complexity index is 1310. The number of aryl methyl sites for hydroxylation is 2. The van der Waals surface area contributed by atoms with Crippen molar-refractivity contribution in [3.63, 3.8) is 0 Å². The van der Waals surface area contributed by atoms with Crippen LogP contribution in [0.1, 0.15) is 58.4 Å². The Morgan fingerprint density at radius 1 is 1.28 bits per heavy atom. The van der Waals surface area contributed by atoms with Crippen LogP contribution in [0.2, 0.25) is 0 Å². The van der Waals surface area contributed by atoms with E-state index < -0.39 is 6.03 Å².